The summed E-state index contributed by atoms with van der Waals surface area (Å²) in [5.41, 5.74) is 0.244. The average molecular weight is 178 g/mol. The molecule has 0 fully saturated rings. The summed E-state index contributed by atoms with van der Waals surface area (Å²) in [6.45, 7) is 3.69. The fourth-order valence-electron chi connectivity index (χ4n) is 0.838. The molecule has 13 heavy (non-hydrogen) atoms. The van der Waals surface area contributed by atoms with Crippen molar-refractivity contribution in [3.63, 3.8) is 0 Å². The zero-order chi connectivity index (χ0) is 9.84. The summed E-state index contributed by atoms with van der Waals surface area (Å²) >= 11 is 0. The third-order valence-electron chi connectivity index (χ3n) is 1.30. The van der Waals surface area contributed by atoms with Gasteiger partial charge in [0.25, 0.3) is 0 Å². The Morgan fingerprint density at radius 1 is 1.62 bits per heavy atom. The van der Waals surface area contributed by atoms with E-state index in [9.17, 15) is 0 Å². The van der Waals surface area contributed by atoms with Gasteiger partial charge >= 0.3 is 0 Å². The van der Waals surface area contributed by atoms with Crippen molar-refractivity contribution in [3.8, 4) is 17.7 Å². The van der Waals surface area contributed by atoms with Gasteiger partial charge in [-0.2, -0.15) is 5.26 Å². The molecule has 0 atom stereocenters. The van der Waals surface area contributed by atoms with Crippen LogP contribution in [-0.4, -0.2) is 16.2 Å². The van der Waals surface area contributed by atoms with Crippen LogP contribution in [0.1, 0.15) is 19.4 Å². The minimum atomic E-state index is -0.0378. The van der Waals surface area contributed by atoms with Crippen LogP contribution in [0.3, 0.4) is 0 Å². The smallest absolute Gasteiger partial charge is 0.232 e. The maximum atomic E-state index is 9.03. The van der Waals surface area contributed by atoms with Crippen molar-refractivity contribution in [2.24, 2.45) is 0 Å². The van der Waals surface area contributed by atoms with Crippen molar-refractivity contribution >= 4 is 0 Å². The maximum Gasteiger partial charge on any atom is 0.232 e. The number of aromatic nitrogens is 1. The van der Waals surface area contributed by atoms with Gasteiger partial charge in [-0.3, -0.25) is 0 Å². The molecule has 0 saturated heterocycles. The van der Waals surface area contributed by atoms with Crippen molar-refractivity contribution in [3.05, 3.63) is 17.8 Å². The van der Waals surface area contributed by atoms with E-state index in [-0.39, 0.29) is 23.3 Å². The van der Waals surface area contributed by atoms with Gasteiger partial charge in [0.15, 0.2) is 0 Å². The molecule has 0 saturated carbocycles. The maximum absolute atomic E-state index is 9.03. The van der Waals surface area contributed by atoms with E-state index in [1.807, 2.05) is 19.9 Å². The van der Waals surface area contributed by atoms with Crippen molar-refractivity contribution in [2.45, 2.75) is 20.0 Å². The largest absolute Gasteiger partial charge is 0.506 e. The zero-order valence-electron chi connectivity index (χ0n) is 7.48. The first kappa shape index (κ1) is 9.33. The molecule has 0 unspecified atom stereocenters. The van der Waals surface area contributed by atoms with Crippen LogP contribution in [-0.2, 0) is 0 Å². The van der Waals surface area contributed by atoms with E-state index in [1.54, 1.807) is 0 Å². The molecule has 1 rings (SSSR count). The van der Waals surface area contributed by atoms with E-state index >= 15 is 0 Å². The molecule has 1 aromatic rings. The lowest BCUT2D eigenvalue weighted by molar-refractivity contribution is 0.231. The fourth-order valence-corrected chi connectivity index (χ4v) is 0.838. The van der Waals surface area contributed by atoms with E-state index in [0.29, 0.717) is 0 Å². The summed E-state index contributed by atoms with van der Waals surface area (Å²) in [6.07, 6.45) is 1.21. The Hall–Kier alpha value is -1.76. The van der Waals surface area contributed by atoms with Crippen LogP contribution in [0.5, 0.6) is 11.6 Å². The standard InChI is InChI=1S/C9H10N2O2/c1-6(2)13-9-7(4-10)3-8(12)5-11-9/h3,5-6,12H,1-2H3. The highest BCUT2D eigenvalue weighted by Crippen LogP contribution is 2.19. The molecule has 1 heterocycles. The van der Waals surface area contributed by atoms with Gasteiger partial charge in [0, 0.05) is 6.07 Å². The highest BCUT2D eigenvalue weighted by Gasteiger charge is 2.07. The van der Waals surface area contributed by atoms with Crippen LogP contribution in [0.25, 0.3) is 0 Å². The number of nitriles is 1. The van der Waals surface area contributed by atoms with Crippen LogP contribution in [0.4, 0.5) is 0 Å². The summed E-state index contributed by atoms with van der Waals surface area (Å²) in [5.74, 6) is 0.225. The van der Waals surface area contributed by atoms with Crippen LogP contribution in [0.15, 0.2) is 12.3 Å². The molecule has 4 heteroatoms. The van der Waals surface area contributed by atoms with Gasteiger partial charge in [0.2, 0.25) is 5.88 Å². The fraction of sp³-hybridized carbons (Fsp3) is 0.333. The molecule has 1 N–H and O–H groups in total. The van der Waals surface area contributed by atoms with E-state index in [2.05, 4.69) is 4.98 Å². The van der Waals surface area contributed by atoms with Crippen LogP contribution in [0.2, 0.25) is 0 Å². The second kappa shape index (κ2) is 3.76. The Morgan fingerprint density at radius 2 is 2.31 bits per heavy atom. The molecule has 0 spiro atoms. The number of rotatable bonds is 2. The van der Waals surface area contributed by atoms with Gasteiger partial charge in [-0.05, 0) is 13.8 Å². The Kier molecular flexibility index (Phi) is 2.70. The van der Waals surface area contributed by atoms with E-state index in [0.717, 1.165) is 0 Å². The van der Waals surface area contributed by atoms with Gasteiger partial charge in [-0.1, -0.05) is 0 Å². The summed E-state index contributed by atoms with van der Waals surface area (Å²) in [7, 11) is 0. The SMILES string of the molecule is CC(C)Oc1ncc(O)cc1C#N. The highest BCUT2D eigenvalue weighted by atomic mass is 16.5. The highest BCUT2D eigenvalue weighted by molar-refractivity contribution is 5.41. The molecule has 0 bridgehead atoms. The average Bonchev–Trinajstić information content (AvgIpc) is 2.07. The minimum Gasteiger partial charge on any atom is -0.506 e. The molecule has 0 amide bonds. The first-order chi connectivity index (χ1) is 6.13. The lowest BCUT2D eigenvalue weighted by Gasteiger charge is -2.09. The lowest BCUT2D eigenvalue weighted by Crippen LogP contribution is -2.08. The van der Waals surface area contributed by atoms with Crippen molar-refractivity contribution in [1.82, 2.24) is 4.98 Å². The Balaban J connectivity index is 3.01. The van der Waals surface area contributed by atoms with Crippen LogP contribution >= 0.6 is 0 Å². The predicted octanol–water partition coefficient (Wildman–Crippen LogP) is 1.45. The molecule has 1 aromatic heterocycles. The van der Waals surface area contributed by atoms with E-state index in [4.69, 9.17) is 15.1 Å². The molecule has 68 valence electrons. The number of aromatic hydroxyl groups is 1. The number of pyridine rings is 1. The molecular formula is C9H10N2O2. The Bertz CT molecular complexity index is 342. The summed E-state index contributed by atoms with van der Waals surface area (Å²) < 4.78 is 5.25. The van der Waals surface area contributed by atoms with E-state index in [1.165, 1.54) is 12.3 Å². The van der Waals surface area contributed by atoms with Gasteiger partial charge in [-0.25, -0.2) is 4.98 Å². The zero-order valence-corrected chi connectivity index (χ0v) is 7.48. The second-order valence-corrected chi connectivity index (χ2v) is 2.82. The molecule has 0 aliphatic heterocycles. The first-order valence-corrected chi connectivity index (χ1v) is 3.89. The molecule has 4 nitrogen and oxygen atoms in total. The van der Waals surface area contributed by atoms with E-state index < -0.39 is 0 Å². The van der Waals surface area contributed by atoms with Crippen molar-refractivity contribution in [1.29, 1.82) is 5.26 Å². The van der Waals surface area contributed by atoms with Gasteiger partial charge in [0.05, 0.1) is 12.3 Å². The predicted molar refractivity (Wildman–Crippen MR) is 46.4 cm³/mol. The van der Waals surface area contributed by atoms with Crippen molar-refractivity contribution < 1.29 is 9.84 Å². The number of hydrogen-bond donors (Lipinski definition) is 1. The molecular weight excluding hydrogens is 168 g/mol. The van der Waals surface area contributed by atoms with Crippen molar-refractivity contribution in [2.75, 3.05) is 0 Å². The third kappa shape index (κ3) is 2.34. The first-order valence-electron chi connectivity index (χ1n) is 3.89. The summed E-state index contributed by atoms with van der Waals surface area (Å²) in [4.78, 5) is 3.79. The lowest BCUT2D eigenvalue weighted by atomic mass is 10.3. The summed E-state index contributed by atoms with van der Waals surface area (Å²) in [5, 5.41) is 17.7. The number of ether oxygens (including phenoxy) is 1. The number of hydrogen-bond acceptors (Lipinski definition) is 4. The molecule has 0 aliphatic rings. The monoisotopic (exact) mass is 178 g/mol. The normalized spacial score (nSPS) is 9.69. The van der Waals surface area contributed by atoms with Crippen LogP contribution < -0.4 is 4.74 Å². The molecule has 0 aromatic carbocycles. The van der Waals surface area contributed by atoms with Gasteiger partial charge < -0.3 is 9.84 Å². The van der Waals surface area contributed by atoms with Gasteiger partial charge in [-0.15, -0.1) is 0 Å². The van der Waals surface area contributed by atoms with Gasteiger partial charge in [0.1, 0.15) is 17.4 Å². The number of nitrogens with zero attached hydrogens (tertiary/aromatic N) is 2. The van der Waals surface area contributed by atoms with Crippen LogP contribution in [0, 0.1) is 11.3 Å². The molecule has 0 aliphatic carbocycles. The Morgan fingerprint density at radius 3 is 2.85 bits per heavy atom. The minimum absolute atomic E-state index is 0.0346. The molecule has 0 radical (unpaired) electrons. The Labute approximate surface area is 76.4 Å². The quantitative estimate of drug-likeness (QED) is 0.744. The third-order valence-corrected chi connectivity index (χ3v) is 1.30. The summed E-state index contributed by atoms with van der Waals surface area (Å²) in [6, 6.07) is 3.22. The second-order valence-electron chi connectivity index (χ2n) is 2.82. The topological polar surface area (TPSA) is 66.1 Å².